The maximum Gasteiger partial charge on any atom is 0.227 e. The lowest BCUT2D eigenvalue weighted by Gasteiger charge is -2.27. The SMILES string of the molecule is Clc1nc(N2CCOCC2)nc(-c2ccccc2)c1Br. The van der Waals surface area contributed by atoms with Gasteiger partial charge >= 0.3 is 0 Å². The molecule has 0 N–H and O–H groups in total. The minimum absolute atomic E-state index is 0.431. The van der Waals surface area contributed by atoms with Crippen LogP contribution in [0.25, 0.3) is 11.3 Å². The van der Waals surface area contributed by atoms with Gasteiger partial charge in [0.15, 0.2) is 0 Å². The van der Waals surface area contributed by atoms with Gasteiger partial charge in [-0.2, -0.15) is 4.98 Å². The van der Waals surface area contributed by atoms with Crippen LogP contribution >= 0.6 is 27.5 Å². The highest BCUT2D eigenvalue weighted by molar-refractivity contribution is 9.10. The van der Waals surface area contributed by atoms with Crippen LogP contribution in [0.5, 0.6) is 0 Å². The van der Waals surface area contributed by atoms with Crippen molar-refractivity contribution in [2.45, 2.75) is 0 Å². The minimum atomic E-state index is 0.431. The molecule has 1 aromatic heterocycles. The highest BCUT2D eigenvalue weighted by Gasteiger charge is 2.18. The first-order valence-electron chi connectivity index (χ1n) is 6.37. The Hall–Kier alpha value is -1.17. The molecule has 0 radical (unpaired) electrons. The topological polar surface area (TPSA) is 38.2 Å². The number of rotatable bonds is 2. The van der Waals surface area contributed by atoms with E-state index in [-0.39, 0.29) is 0 Å². The van der Waals surface area contributed by atoms with E-state index in [4.69, 9.17) is 16.3 Å². The molecule has 6 heteroatoms. The van der Waals surface area contributed by atoms with Gasteiger partial charge in [0, 0.05) is 18.7 Å². The maximum atomic E-state index is 6.23. The standard InChI is InChI=1S/C14H13BrClN3O/c15-11-12(10-4-2-1-3-5-10)17-14(18-13(11)16)19-6-8-20-9-7-19/h1-5H,6-9H2. The van der Waals surface area contributed by atoms with Gasteiger partial charge in [-0.05, 0) is 15.9 Å². The fraction of sp³-hybridized carbons (Fsp3) is 0.286. The molecule has 2 aromatic rings. The minimum Gasteiger partial charge on any atom is -0.378 e. The molecule has 1 saturated heterocycles. The van der Waals surface area contributed by atoms with Crippen molar-refractivity contribution in [1.29, 1.82) is 0 Å². The van der Waals surface area contributed by atoms with Crippen molar-refractivity contribution in [2.75, 3.05) is 31.2 Å². The Labute approximate surface area is 130 Å². The van der Waals surface area contributed by atoms with Crippen LogP contribution in [0.15, 0.2) is 34.8 Å². The van der Waals surface area contributed by atoms with E-state index in [1.165, 1.54) is 0 Å². The van der Waals surface area contributed by atoms with E-state index in [1.807, 2.05) is 30.3 Å². The summed E-state index contributed by atoms with van der Waals surface area (Å²) in [6.45, 7) is 2.95. The van der Waals surface area contributed by atoms with Crippen LogP contribution in [0, 0.1) is 0 Å². The maximum absolute atomic E-state index is 6.23. The summed E-state index contributed by atoms with van der Waals surface area (Å²) in [5.74, 6) is 0.653. The number of ether oxygens (including phenoxy) is 1. The van der Waals surface area contributed by atoms with Gasteiger partial charge in [0.05, 0.1) is 23.4 Å². The number of halogens is 2. The molecule has 3 rings (SSSR count). The van der Waals surface area contributed by atoms with E-state index >= 15 is 0 Å². The number of anilines is 1. The van der Waals surface area contributed by atoms with Gasteiger partial charge in [-0.25, -0.2) is 4.98 Å². The Morgan fingerprint density at radius 1 is 1.10 bits per heavy atom. The molecule has 0 unspecified atom stereocenters. The molecule has 0 bridgehead atoms. The molecule has 104 valence electrons. The zero-order chi connectivity index (χ0) is 13.9. The second kappa shape index (κ2) is 6.08. The van der Waals surface area contributed by atoms with Crippen molar-refractivity contribution in [2.24, 2.45) is 0 Å². The summed E-state index contributed by atoms with van der Waals surface area (Å²) in [5.41, 5.74) is 1.82. The summed E-state index contributed by atoms with van der Waals surface area (Å²) in [4.78, 5) is 11.1. The van der Waals surface area contributed by atoms with Crippen molar-refractivity contribution in [3.8, 4) is 11.3 Å². The van der Waals surface area contributed by atoms with E-state index in [0.717, 1.165) is 28.8 Å². The fourth-order valence-corrected chi connectivity index (χ4v) is 2.67. The fourth-order valence-electron chi connectivity index (χ4n) is 2.10. The van der Waals surface area contributed by atoms with E-state index in [2.05, 4.69) is 30.8 Å². The van der Waals surface area contributed by atoms with E-state index < -0.39 is 0 Å². The normalized spacial score (nSPS) is 15.4. The number of hydrogen-bond donors (Lipinski definition) is 0. The van der Waals surface area contributed by atoms with Gasteiger partial charge in [-0.15, -0.1) is 0 Å². The van der Waals surface area contributed by atoms with E-state index in [9.17, 15) is 0 Å². The molecule has 0 aliphatic carbocycles. The first kappa shape index (κ1) is 13.8. The molecule has 0 atom stereocenters. The lowest BCUT2D eigenvalue weighted by Crippen LogP contribution is -2.37. The lowest BCUT2D eigenvalue weighted by molar-refractivity contribution is 0.122. The van der Waals surface area contributed by atoms with E-state index in [1.54, 1.807) is 0 Å². The molecule has 1 fully saturated rings. The Kier molecular flexibility index (Phi) is 4.19. The van der Waals surface area contributed by atoms with Gasteiger partial charge in [0.2, 0.25) is 5.95 Å². The second-order valence-electron chi connectivity index (χ2n) is 4.44. The molecule has 1 aliphatic heterocycles. The molecule has 20 heavy (non-hydrogen) atoms. The molecule has 4 nitrogen and oxygen atoms in total. The van der Waals surface area contributed by atoms with Crippen molar-refractivity contribution < 1.29 is 4.74 Å². The van der Waals surface area contributed by atoms with Crippen LogP contribution in [0.2, 0.25) is 5.15 Å². The third-order valence-corrected chi connectivity index (χ3v) is 4.39. The van der Waals surface area contributed by atoms with Crippen molar-refractivity contribution in [1.82, 2.24) is 9.97 Å². The van der Waals surface area contributed by atoms with Crippen LogP contribution < -0.4 is 4.90 Å². The molecular weight excluding hydrogens is 342 g/mol. The Balaban J connectivity index is 2.03. The average molecular weight is 355 g/mol. The van der Waals surface area contributed by atoms with Crippen molar-refractivity contribution >= 4 is 33.5 Å². The average Bonchev–Trinajstić information content (AvgIpc) is 2.51. The summed E-state index contributed by atoms with van der Waals surface area (Å²) < 4.78 is 6.07. The summed E-state index contributed by atoms with van der Waals surface area (Å²) in [5, 5.41) is 0.431. The number of benzene rings is 1. The zero-order valence-electron chi connectivity index (χ0n) is 10.7. The van der Waals surface area contributed by atoms with Gasteiger partial charge in [0.25, 0.3) is 0 Å². The van der Waals surface area contributed by atoms with Gasteiger partial charge in [-0.1, -0.05) is 41.9 Å². The molecule has 0 spiro atoms. The van der Waals surface area contributed by atoms with Crippen LogP contribution in [-0.2, 0) is 4.74 Å². The summed E-state index contributed by atoms with van der Waals surface area (Å²) >= 11 is 9.71. The third kappa shape index (κ3) is 2.80. The third-order valence-electron chi connectivity index (χ3n) is 3.14. The smallest absolute Gasteiger partial charge is 0.227 e. The van der Waals surface area contributed by atoms with Gasteiger partial charge < -0.3 is 9.64 Å². The number of aromatic nitrogens is 2. The van der Waals surface area contributed by atoms with Crippen molar-refractivity contribution in [3.05, 3.63) is 40.0 Å². The summed E-state index contributed by atoms with van der Waals surface area (Å²) in [6.07, 6.45) is 0. The molecule has 0 saturated carbocycles. The highest BCUT2D eigenvalue weighted by Crippen LogP contribution is 2.33. The first-order valence-corrected chi connectivity index (χ1v) is 7.54. The molecule has 0 amide bonds. The predicted octanol–water partition coefficient (Wildman–Crippen LogP) is 3.40. The Morgan fingerprint density at radius 2 is 1.80 bits per heavy atom. The second-order valence-corrected chi connectivity index (χ2v) is 5.59. The number of morpholine rings is 1. The van der Waals surface area contributed by atoms with Crippen LogP contribution in [0.1, 0.15) is 0 Å². The number of hydrogen-bond acceptors (Lipinski definition) is 4. The van der Waals surface area contributed by atoms with Gasteiger partial charge in [-0.3, -0.25) is 0 Å². The first-order chi connectivity index (χ1) is 9.75. The predicted molar refractivity (Wildman–Crippen MR) is 83.2 cm³/mol. The quantitative estimate of drug-likeness (QED) is 0.775. The van der Waals surface area contributed by atoms with Crippen LogP contribution in [-0.4, -0.2) is 36.3 Å². The van der Waals surface area contributed by atoms with Crippen LogP contribution in [0.3, 0.4) is 0 Å². The monoisotopic (exact) mass is 353 g/mol. The molecule has 1 aliphatic rings. The van der Waals surface area contributed by atoms with Crippen LogP contribution in [0.4, 0.5) is 5.95 Å². The zero-order valence-corrected chi connectivity index (χ0v) is 13.1. The molecule has 1 aromatic carbocycles. The Morgan fingerprint density at radius 3 is 2.50 bits per heavy atom. The Bertz CT molecular complexity index is 603. The lowest BCUT2D eigenvalue weighted by atomic mass is 10.1. The largest absolute Gasteiger partial charge is 0.378 e. The van der Waals surface area contributed by atoms with Gasteiger partial charge in [0.1, 0.15) is 5.15 Å². The van der Waals surface area contributed by atoms with Crippen molar-refractivity contribution in [3.63, 3.8) is 0 Å². The summed E-state index contributed by atoms with van der Waals surface area (Å²) in [6, 6.07) is 9.94. The summed E-state index contributed by atoms with van der Waals surface area (Å²) in [7, 11) is 0. The van der Waals surface area contributed by atoms with E-state index in [0.29, 0.717) is 24.3 Å². The number of nitrogens with zero attached hydrogens (tertiary/aromatic N) is 3. The highest BCUT2D eigenvalue weighted by atomic mass is 79.9. The molecule has 2 heterocycles. The molecular formula is C14H13BrClN3O.